The first-order valence-electron chi connectivity index (χ1n) is 7.09. The Kier molecular flexibility index (Phi) is 6.28. The van der Waals surface area contributed by atoms with Crippen LogP contribution in [0.2, 0.25) is 0 Å². The van der Waals surface area contributed by atoms with Crippen LogP contribution in [-0.2, 0) is 14.3 Å². The molecule has 5 nitrogen and oxygen atoms in total. The zero-order chi connectivity index (χ0) is 14.4. The number of piperidine rings is 1. The fraction of sp³-hybridized carbons (Fsp3) is 0.857. The Balaban J connectivity index is 2.71. The molecule has 110 valence electrons. The maximum atomic E-state index is 12.1. The zero-order valence-electron chi connectivity index (χ0n) is 12.4. The lowest BCUT2D eigenvalue weighted by Gasteiger charge is -2.38. The van der Waals surface area contributed by atoms with Gasteiger partial charge < -0.3 is 15.0 Å². The number of nitrogens with one attached hydrogen (secondary N) is 1. The van der Waals surface area contributed by atoms with Crippen LogP contribution in [0.5, 0.6) is 0 Å². The molecule has 5 heteroatoms. The summed E-state index contributed by atoms with van der Waals surface area (Å²) in [6, 6.07) is 0.181. The number of hydrogen-bond donors (Lipinski definition) is 1. The minimum absolute atomic E-state index is 0.0387. The summed E-state index contributed by atoms with van der Waals surface area (Å²) in [5, 5.41) is 3.40. The van der Waals surface area contributed by atoms with E-state index in [4.69, 9.17) is 4.74 Å². The summed E-state index contributed by atoms with van der Waals surface area (Å²) >= 11 is 0. The van der Waals surface area contributed by atoms with Gasteiger partial charge in [0, 0.05) is 25.0 Å². The van der Waals surface area contributed by atoms with Gasteiger partial charge in [-0.1, -0.05) is 20.8 Å². The molecule has 0 aromatic rings. The van der Waals surface area contributed by atoms with Crippen molar-refractivity contribution in [3.8, 4) is 0 Å². The maximum absolute atomic E-state index is 12.1. The second kappa shape index (κ2) is 7.48. The first-order chi connectivity index (χ1) is 8.99. The van der Waals surface area contributed by atoms with Crippen LogP contribution >= 0.6 is 0 Å². The number of likely N-dealkylation sites (tertiary alicyclic amines) is 1. The number of hydrogen-bond acceptors (Lipinski definition) is 4. The van der Waals surface area contributed by atoms with Crippen LogP contribution in [0.25, 0.3) is 0 Å². The Bertz CT molecular complexity index is 318. The van der Waals surface area contributed by atoms with Gasteiger partial charge in [0.2, 0.25) is 5.91 Å². The van der Waals surface area contributed by atoms with Gasteiger partial charge in [0.1, 0.15) is 0 Å². The summed E-state index contributed by atoms with van der Waals surface area (Å²) in [5.74, 6) is -0.361. The molecule has 2 unspecified atom stereocenters. The molecular formula is C14H26N2O3. The van der Waals surface area contributed by atoms with Crippen LogP contribution in [0, 0.1) is 11.8 Å². The molecular weight excluding hydrogens is 244 g/mol. The lowest BCUT2D eigenvalue weighted by molar-refractivity contribution is -0.150. The highest BCUT2D eigenvalue weighted by Gasteiger charge is 2.34. The lowest BCUT2D eigenvalue weighted by Crippen LogP contribution is -2.54. The quantitative estimate of drug-likeness (QED) is 0.758. The third-order valence-electron chi connectivity index (χ3n) is 3.47. The second-order valence-electron chi connectivity index (χ2n) is 5.50. The topological polar surface area (TPSA) is 58.6 Å². The van der Waals surface area contributed by atoms with Gasteiger partial charge in [0.05, 0.1) is 13.0 Å². The summed E-state index contributed by atoms with van der Waals surface area (Å²) in [5.41, 5.74) is 0. The second-order valence-corrected chi connectivity index (χ2v) is 5.50. The fourth-order valence-electron chi connectivity index (χ4n) is 2.48. The van der Waals surface area contributed by atoms with Gasteiger partial charge in [0.15, 0.2) is 0 Å². The normalized spacial score (nSPS) is 23.5. The number of methoxy groups -OCH3 is 1. The molecule has 0 spiro atoms. The zero-order valence-corrected chi connectivity index (χ0v) is 12.4. The molecule has 0 aromatic carbocycles. The first kappa shape index (κ1) is 16.0. The Labute approximate surface area is 115 Å². The van der Waals surface area contributed by atoms with Crippen LogP contribution < -0.4 is 5.32 Å². The van der Waals surface area contributed by atoms with Gasteiger partial charge in [-0.3, -0.25) is 9.59 Å². The van der Waals surface area contributed by atoms with Crippen molar-refractivity contribution in [3.05, 3.63) is 0 Å². The van der Waals surface area contributed by atoms with Crippen LogP contribution in [0.1, 0.15) is 33.6 Å². The molecule has 1 aliphatic heterocycles. The lowest BCUT2D eigenvalue weighted by atomic mass is 9.93. The van der Waals surface area contributed by atoms with Gasteiger partial charge in [-0.2, -0.15) is 0 Å². The van der Waals surface area contributed by atoms with E-state index in [9.17, 15) is 9.59 Å². The molecule has 1 rings (SSSR count). The molecule has 1 amide bonds. The Morgan fingerprint density at radius 2 is 2.05 bits per heavy atom. The van der Waals surface area contributed by atoms with Crippen molar-refractivity contribution in [1.29, 1.82) is 0 Å². The molecule has 1 aliphatic rings. The summed E-state index contributed by atoms with van der Waals surface area (Å²) in [6.07, 6.45) is 1.78. The van der Waals surface area contributed by atoms with Crippen molar-refractivity contribution in [1.82, 2.24) is 10.2 Å². The van der Waals surface area contributed by atoms with Gasteiger partial charge in [-0.15, -0.1) is 0 Å². The maximum Gasteiger partial charge on any atom is 0.310 e. The van der Waals surface area contributed by atoms with E-state index in [1.807, 2.05) is 13.8 Å². The predicted molar refractivity (Wildman–Crippen MR) is 73.6 cm³/mol. The van der Waals surface area contributed by atoms with E-state index >= 15 is 0 Å². The Morgan fingerprint density at radius 1 is 1.37 bits per heavy atom. The molecule has 1 heterocycles. The third kappa shape index (κ3) is 4.49. The number of esters is 1. The number of nitrogens with zero attached hydrogens (tertiary/aromatic N) is 1. The summed E-state index contributed by atoms with van der Waals surface area (Å²) < 4.78 is 4.83. The highest BCUT2D eigenvalue weighted by Crippen LogP contribution is 2.20. The predicted octanol–water partition coefficient (Wildman–Crippen LogP) is 1.03. The molecule has 1 N–H and O–H groups in total. The van der Waals surface area contributed by atoms with Crippen molar-refractivity contribution in [2.45, 2.75) is 39.7 Å². The summed E-state index contributed by atoms with van der Waals surface area (Å²) in [4.78, 5) is 25.7. The van der Waals surface area contributed by atoms with Crippen LogP contribution in [0.3, 0.4) is 0 Å². The van der Waals surface area contributed by atoms with E-state index in [-0.39, 0.29) is 29.8 Å². The van der Waals surface area contributed by atoms with Crippen LogP contribution in [-0.4, -0.2) is 49.6 Å². The molecule has 2 atom stereocenters. The number of rotatable bonds is 5. The van der Waals surface area contributed by atoms with Gasteiger partial charge in [-0.05, 0) is 19.4 Å². The SMILES string of the molecule is CCCNC1CC(C(=O)OC)CN(C(=O)C(C)C)C1. The number of carbonyl (C=O) groups is 2. The molecule has 1 fully saturated rings. The monoisotopic (exact) mass is 270 g/mol. The van der Waals surface area contributed by atoms with Crippen molar-refractivity contribution in [3.63, 3.8) is 0 Å². The van der Waals surface area contributed by atoms with E-state index in [1.54, 1.807) is 4.90 Å². The van der Waals surface area contributed by atoms with Crippen LogP contribution in [0.4, 0.5) is 0 Å². The molecule has 0 bridgehead atoms. The highest BCUT2D eigenvalue weighted by atomic mass is 16.5. The fourth-order valence-corrected chi connectivity index (χ4v) is 2.48. The van der Waals surface area contributed by atoms with E-state index in [1.165, 1.54) is 7.11 Å². The Morgan fingerprint density at radius 3 is 2.58 bits per heavy atom. The smallest absolute Gasteiger partial charge is 0.310 e. The van der Waals surface area contributed by atoms with E-state index in [2.05, 4.69) is 12.2 Å². The van der Waals surface area contributed by atoms with Crippen molar-refractivity contribution < 1.29 is 14.3 Å². The number of amides is 1. The molecule has 0 saturated carbocycles. The van der Waals surface area contributed by atoms with Crippen molar-refractivity contribution >= 4 is 11.9 Å². The van der Waals surface area contributed by atoms with Gasteiger partial charge >= 0.3 is 5.97 Å². The Hall–Kier alpha value is -1.10. The molecule has 0 aromatic heterocycles. The average molecular weight is 270 g/mol. The van der Waals surface area contributed by atoms with E-state index in [0.717, 1.165) is 19.4 Å². The molecule has 0 radical (unpaired) electrons. The summed E-state index contributed by atoms with van der Waals surface area (Å²) in [6.45, 7) is 7.95. The molecule has 1 saturated heterocycles. The average Bonchev–Trinajstić information content (AvgIpc) is 2.42. The van der Waals surface area contributed by atoms with Gasteiger partial charge in [0.25, 0.3) is 0 Å². The summed E-state index contributed by atoms with van der Waals surface area (Å²) in [7, 11) is 1.40. The first-order valence-corrected chi connectivity index (χ1v) is 7.09. The van der Waals surface area contributed by atoms with Crippen molar-refractivity contribution in [2.75, 3.05) is 26.7 Å². The third-order valence-corrected chi connectivity index (χ3v) is 3.47. The van der Waals surface area contributed by atoms with E-state index < -0.39 is 0 Å². The van der Waals surface area contributed by atoms with Gasteiger partial charge in [-0.25, -0.2) is 0 Å². The number of carbonyl (C=O) groups excluding carboxylic acids is 2. The molecule has 19 heavy (non-hydrogen) atoms. The van der Waals surface area contributed by atoms with Crippen LogP contribution in [0.15, 0.2) is 0 Å². The molecule has 0 aliphatic carbocycles. The van der Waals surface area contributed by atoms with E-state index in [0.29, 0.717) is 13.1 Å². The standard InChI is InChI=1S/C14H26N2O3/c1-5-6-15-12-7-11(14(18)19-4)8-16(9-12)13(17)10(2)3/h10-12,15H,5-9H2,1-4H3. The van der Waals surface area contributed by atoms with Crippen molar-refractivity contribution in [2.24, 2.45) is 11.8 Å². The minimum atomic E-state index is -0.218. The largest absolute Gasteiger partial charge is 0.469 e. The minimum Gasteiger partial charge on any atom is -0.469 e. The highest BCUT2D eigenvalue weighted by molar-refractivity contribution is 5.80. The number of ether oxygens (including phenoxy) is 1.